The average molecular weight is 475 g/mol. The first-order valence-corrected chi connectivity index (χ1v) is 11.6. The van der Waals surface area contributed by atoms with Crippen molar-refractivity contribution in [2.75, 3.05) is 41.7 Å². The van der Waals surface area contributed by atoms with Crippen LogP contribution >= 0.6 is 23.2 Å². The van der Waals surface area contributed by atoms with Gasteiger partial charge in [-0.1, -0.05) is 23.2 Å². The number of amides is 2. The minimum absolute atomic E-state index is 0.00984. The zero-order chi connectivity index (χ0) is 22.2. The van der Waals surface area contributed by atoms with Crippen molar-refractivity contribution >= 4 is 52.3 Å². The molecule has 2 aromatic rings. The number of nitrogens with zero attached hydrogens (tertiary/aromatic N) is 4. The summed E-state index contributed by atoms with van der Waals surface area (Å²) in [6.45, 7) is 2.49. The Hall–Kier alpha value is -2.58. The summed E-state index contributed by atoms with van der Waals surface area (Å²) in [6, 6.07) is 5.38. The second kappa shape index (κ2) is 8.75. The predicted molar refractivity (Wildman–Crippen MR) is 124 cm³/mol. The van der Waals surface area contributed by atoms with Crippen LogP contribution in [0.15, 0.2) is 24.5 Å². The largest absolute Gasteiger partial charge is 0.376 e. The van der Waals surface area contributed by atoms with Crippen molar-refractivity contribution in [1.82, 2.24) is 14.9 Å². The Balaban J connectivity index is 1.28. The Bertz CT molecular complexity index is 1040. The summed E-state index contributed by atoms with van der Waals surface area (Å²) in [5.41, 5.74) is 1.72. The topological polar surface area (TPSA) is 90.5 Å². The van der Waals surface area contributed by atoms with Crippen LogP contribution in [0.5, 0.6) is 0 Å². The van der Waals surface area contributed by atoms with Crippen molar-refractivity contribution in [3.63, 3.8) is 0 Å². The molecule has 5 rings (SSSR count). The average Bonchev–Trinajstić information content (AvgIpc) is 3.19. The molecule has 2 N–H and O–H groups in total. The third-order valence-corrected chi connectivity index (χ3v) is 7.01. The number of anilines is 3. The van der Waals surface area contributed by atoms with E-state index >= 15 is 0 Å². The van der Waals surface area contributed by atoms with Crippen LogP contribution in [-0.4, -0.2) is 58.9 Å². The van der Waals surface area contributed by atoms with Crippen molar-refractivity contribution in [3.8, 4) is 0 Å². The summed E-state index contributed by atoms with van der Waals surface area (Å²) < 4.78 is 0. The number of nitrogens with one attached hydrogen (secondary N) is 2. The Labute approximate surface area is 196 Å². The van der Waals surface area contributed by atoms with Gasteiger partial charge in [-0.2, -0.15) is 0 Å². The van der Waals surface area contributed by atoms with Crippen molar-refractivity contribution in [2.45, 2.75) is 31.7 Å². The monoisotopic (exact) mass is 474 g/mol. The van der Waals surface area contributed by atoms with Crippen molar-refractivity contribution in [2.24, 2.45) is 5.92 Å². The summed E-state index contributed by atoms with van der Waals surface area (Å²) in [6.07, 6.45) is 4.65. The Morgan fingerprint density at radius 3 is 2.72 bits per heavy atom. The number of likely N-dealkylation sites (tertiary alicyclic amines) is 1. The highest BCUT2D eigenvalue weighted by molar-refractivity contribution is 6.35. The zero-order valence-electron chi connectivity index (χ0n) is 17.5. The fourth-order valence-electron chi connectivity index (χ4n) is 5.00. The van der Waals surface area contributed by atoms with Crippen LogP contribution in [0.25, 0.3) is 0 Å². The maximum atomic E-state index is 12.9. The van der Waals surface area contributed by atoms with Gasteiger partial charge in [0.25, 0.3) is 0 Å². The second-order valence-electron chi connectivity index (χ2n) is 8.52. The smallest absolute Gasteiger partial charge is 0.241 e. The van der Waals surface area contributed by atoms with E-state index in [1.807, 2.05) is 4.90 Å². The van der Waals surface area contributed by atoms with Crippen LogP contribution in [0.1, 0.15) is 24.8 Å². The van der Waals surface area contributed by atoms with Gasteiger partial charge in [0.2, 0.25) is 11.8 Å². The molecule has 3 aliphatic heterocycles. The third kappa shape index (κ3) is 4.21. The van der Waals surface area contributed by atoms with E-state index < -0.39 is 0 Å². The molecule has 0 aliphatic carbocycles. The Morgan fingerprint density at radius 1 is 1.12 bits per heavy atom. The van der Waals surface area contributed by atoms with Crippen LogP contribution in [-0.2, 0) is 16.0 Å². The van der Waals surface area contributed by atoms with Gasteiger partial charge in [-0.3, -0.25) is 9.59 Å². The molecule has 1 aromatic carbocycles. The number of piperidine rings is 1. The number of rotatable bonds is 4. The van der Waals surface area contributed by atoms with Crippen LogP contribution in [0, 0.1) is 5.92 Å². The number of carbonyl (C=O) groups excluding carboxylic acids is 2. The van der Waals surface area contributed by atoms with Crippen molar-refractivity contribution in [1.29, 1.82) is 0 Å². The van der Waals surface area contributed by atoms with E-state index in [9.17, 15) is 9.59 Å². The van der Waals surface area contributed by atoms with Gasteiger partial charge in [0.15, 0.2) is 0 Å². The van der Waals surface area contributed by atoms with E-state index in [2.05, 4.69) is 25.5 Å². The van der Waals surface area contributed by atoms with Gasteiger partial charge >= 0.3 is 0 Å². The highest BCUT2D eigenvalue weighted by atomic mass is 35.5. The highest BCUT2D eigenvalue weighted by Gasteiger charge is 2.41. The van der Waals surface area contributed by atoms with Gasteiger partial charge in [0.1, 0.15) is 18.0 Å². The molecular weight excluding hydrogens is 451 g/mol. The summed E-state index contributed by atoms with van der Waals surface area (Å²) in [5.74, 6) is 2.07. The van der Waals surface area contributed by atoms with Gasteiger partial charge in [0, 0.05) is 47.4 Å². The first kappa shape index (κ1) is 21.3. The maximum Gasteiger partial charge on any atom is 0.241 e. The van der Waals surface area contributed by atoms with Crippen LogP contribution < -0.4 is 15.5 Å². The molecule has 168 valence electrons. The van der Waals surface area contributed by atoms with E-state index in [1.165, 1.54) is 6.33 Å². The molecule has 1 aromatic heterocycles. The lowest BCUT2D eigenvalue weighted by atomic mass is 9.92. The van der Waals surface area contributed by atoms with Gasteiger partial charge in [0.05, 0.1) is 12.6 Å². The first-order valence-electron chi connectivity index (χ1n) is 10.9. The predicted octanol–water partition coefficient (Wildman–Crippen LogP) is 3.21. The molecule has 10 heteroatoms. The Morgan fingerprint density at radius 2 is 1.91 bits per heavy atom. The van der Waals surface area contributed by atoms with E-state index in [0.29, 0.717) is 41.2 Å². The number of fused-ring (bicyclic) bond motifs is 2. The molecule has 2 saturated heterocycles. The molecule has 2 atom stereocenters. The summed E-state index contributed by atoms with van der Waals surface area (Å²) in [7, 11) is 0. The summed E-state index contributed by atoms with van der Waals surface area (Å²) in [4.78, 5) is 37.8. The lowest BCUT2D eigenvalue weighted by Gasteiger charge is -2.39. The maximum absolute atomic E-state index is 12.9. The van der Waals surface area contributed by atoms with E-state index in [1.54, 1.807) is 18.2 Å². The molecule has 0 radical (unpaired) electrons. The standard InChI is InChI=1S/C22H24Cl2N6O2/c23-14-7-15(24)9-16(8-14)25-10-20(32)29-5-3-13-4-6-30(18(13)11-29)22-17-1-2-19(31)28-21(17)26-12-27-22/h7-9,12-13,18,25H,1-6,10-11H2,(H,26,27,28,31). The van der Waals surface area contributed by atoms with Crippen molar-refractivity contribution < 1.29 is 9.59 Å². The fourth-order valence-corrected chi connectivity index (χ4v) is 5.52. The molecule has 32 heavy (non-hydrogen) atoms. The molecule has 2 unspecified atom stereocenters. The lowest BCUT2D eigenvalue weighted by molar-refractivity contribution is -0.130. The van der Waals surface area contributed by atoms with E-state index in [-0.39, 0.29) is 24.4 Å². The zero-order valence-corrected chi connectivity index (χ0v) is 19.0. The number of hydrogen-bond donors (Lipinski definition) is 2. The quantitative estimate of drug-likeness (QED) is 0.706. The number of benzene rings is 1. The first-order chi connectivity index (χ1) is 15.5. The second-order valence-corrected chi connectivity index (χ2v) is 9.40. The van der Waals surface area contributed by atoms with Crippen LogP contribution in [0.3, 0.4) is 0 Å². The number of carbonyl (C=O) groups is 2. The summed E-state index contributed by atoms with van der Waals surface area (Å²) in [5, 5.41) is 7.05. The van der Waals surface area contributed by atoms with E-state index in [4.69, 9.17) is 23.2 Å². The van der Waals surface area contributed by atoms with E-state index in [0.717, 1.165) is 43.0 Å². The van der Waals surface area contributed by atoms with Crippen LogP contribution in [0.4, 0.5) is 17.3 Å². The molecular formula is C22H24Cl2N6O2. The molecule has 3 aliphatic rings. The SMILES string of the molecule is O=C1CCc2c(ncnc2N2CCC3CCN(C(=O)CNc4cc(Cl)cc(Cl)c4)CC32)N1. The number of aromatic nitrogens is 2. The Kier molecular flexibility index (Phi) is 5.82. The third-order valence-electron chi connectivity index (χ3n) is 6.58. The minimum atomic E-state index is -0.00984. The molecule has 0 saturated carbocycles. The molecule has 8 nitrogen and oxygen atoms in total. The number of hydrogen-bond acceptors (Lipinski definition) is 6. The highest BCUT2D eigenvalue weighted by Crippen LogP contribution is 2.38. The lowest BCUT2D eigenvalue weighted by Crippen LogP contribution is -2.51. The number of halogens is 2. The molecule has 0 spiro atoms. The molecule has 2 amide bonds. The van der Waals surface area contributed by atoms with Gasteiger partial charge < -0.3 is 20.4 Å². The fraction of sp³-hybridized carbons (Fsp3) is 0.455. The normalized spacial score (nSPS) is 22.2. The van der Waals surface area contributed by atoms with Crippen LogP contribution in [0.2, 0.25) is 10.0 Å². The van der Waals surface area contributed by atoms with Gasteiger partial charge in [-0.25, -0.2) is 9.97 Å². The summed E-state index contributed by atoms with van der Waals surface area (Å²) >= 11 is 12.1. The van der Waals surface area contributed by atoms with Crippen molar-refractivity contribution in [3.05, 3.63) is 40.1 Å². The molecule has 2 fully saturated rings. The molecule has 4 heterocycles. The van der Waals surface area contributed by atoms with Gasteiger partial charge in [-0.15, -0.1) is 0 Å². The minimum Gasteiger partial charge on any atom is -0.376 e. The molecule has 0 bridgehead atoms. The van der Waals surface area contributed by atoms with Gasteiger partial charge in [-0.05, 0) is 43.4 Å².